The normalized spacial score (nSPS) is 23.1. The first-order chi connectivity index (χ1) is 8.70. The van der Waals surface area contributed by atoms with Crippen molar-refractivity contribution < 1.29 is 4.74 Å². The van der Waals surface area contributed by atoms with E-state index in [1.807, 2.05) is 19.2 Å². The molecule has 0 fully saturated rings. The number of aryl methyl sites for hydroxylation is 1. The minimum atomic E-state index is 0.475. The molecule has 2 unspecified atom stereocenters. The fraction of sp³-hybridized carbons (Fsp3) is 0.533. The number of allylic oxidation sites excluding steroid dienone is 2. The predicted octanol–water partition coefficient (Wildman–Crippen LogP) is 2.83. The second kappa shape index (κ2) is 6.01. The molecule has 3 heteroatoms. The molecular weight excluding hydrogens is 224 g/mol. The Morgan fingerprint density at radius 2 is 2.17 bits per heavy atom. The van der Waals surface area contributed by atoms with Crippen molar-refractivity contribution in [1.82, 2.24) is 4.98 Å². The van der Waals surface area contributed by atoms with Crippen molar-refractivity contribution in [2.75, 3.05) is 6.61 Å². The van der Waals surface area contributed by atoms with Gasteiger partial charge in [-0.15, -0.1) is 0 Å². The van der Waals surface area contributed by atoms with E-state index >= 15 is 0 Å². The highest BCUT2D eigenvalue weighted by Gasteiger charge is 2.19. The SMILES string of the molecule is Cc1cc(OCC2CC=CCC2C)c(CN)cn1. The van der Waals surface area contributed by atoms with Crippen LogP contribution in [0.2, 0.25) is 0 Å². The zero-order chi connectivity index (χ0) is 13.0. The van der Waals surface area contributed by atoms with Crippen LogP contribution in [0.15, 0.2) is 24.4 Å². The summed E-state index contributed by atoms with van der Waals surface area (Å²) >= 11 is 0. The lowest BCUT2D eigenvalue weighted by Gasteiger charge is -2.25. The highest BCUT2D eigenvalue weighted by molar-refractivity contribution is 5.32. The van der Waals surface area contributed by atoms with Crippen molar-refractivity contribution in [2.24, 2.45) is 17.6 Å². The molecule has 98 valence electrons. The Morgan fingerprint density at radius 1 is 1.39 bits per heavy atom. The standard InChI is InChI=1S/C15H22N2O/c1-11-5-3-4-6-13(11)10-18-15-7-12(2)17-9-14(15)8-16/h3-4,7,9,11,13H,5-6,8,10,16H2,1-2H3. The van der Waals surface area contributed by atoms with Crippen molar-refractivity contribution in [1.29, 1.82) is 0 Å². The number of rotatable bonds is 4. The summed E-state index contributed by atoms with van der Waals surface area (Å²) in [5.74, 6) is 2.19. The third-order valence-corrected chi connectivity index (χ3v) is 3.67. The van der Waals surface area contributed by atoms with E-state index in [-0.39, 0.29) is 0 Å². The maximum Gasteiger partial charge on any atom is 0.127 e. The van der Waals surface area contributed by atoms with Gasteiger partial charge in [0.25, 0.3) is 0 Å². The second-order valence-electron chi connectivity index (χ2n) is 5.13. The van der Waals surface area contributed by atoms with Gasteiger partial charge in [0.1, 0.15) is 5.75 Å². The lowest BCUT2D eigenvalue weighted by atomic mass is 9.85. The first-order valence-corrected chi connectivity index (χ1v) is 6.64. The van der Waals surface area contributed by atoms with Crippen LogP contribution in [0.25, 0.3) is 0 Å². The summed E-state index contributed by atoms with van der Waals surface area (Å²) in [4.78, 5) is 4.25. The average Bonchev–Trinajstić information content (AvgIpc) is 2.38. The number of pyridine rings is 1. The van der Waals surface area contributed by atoms with Gasteiger partial charge in [-0.3, -0.25) is 4.98 Å². The number of nitrogens with zero attached hydrogens (tertiary/aromatic N) is 1. The van der Waals surface area contributed by atoms with E-state index < -0.39 is 0 Å². The maximum atomic E-state index is 5.96. The van der Waals surface area contributed by atoms with Crippen LogP contribution in [0, 0.1) is 18.8 Å². The van der Waals surface area contributed by atoms with E-state index in [9.17, 15) is 0 Å². The Morgan fingerprint density at radius 3 is 2.89 bits per heavy atom. The van der Waals surface area contributed by atoms with Crippen molar-refractivity contribution in [3.63, 3.8) is 0 Å². The Balaban J connectivity index is 2.01. The van der Waals surface area contributed by atoms with Crippen LogP contribution < -0.4 is 10.5 Å². The zero-order valence-electron chi connectivity index (χ0n) is 11.2. The number of ether oxygens (including phenoxy) is 1. The molecule has 1 aliphatic rings. The fourth-order valence-corrected chi connectivity index (χ4v) is 2.29. The van der Waals surface area contributed by atoms with E-state index in [0.717, 1.165) is 36.5 Å². The quantitative estimate of drug-likeness (QED) is 0.831. The molecule has 0 bridgehead atoms. The summed E-state index contributed by atoms with van der Waals surface area (Å²) in [5, 5.41) is 0. The Labute approximate surface area is 109 Å². The third kappa shape index (κ3) is 3.10. The molecule has 1 aromatic rings. The molecule has 0 spiro atoms. The van der Waals surface area contributed by atoms with Crippen LogP contribution in [0.1, 0.15) is 31.0 Å². The van der Waals surface area contributed by atoms with Crippen LogP contribution in [-0.2, 0) is 6.54 Å². The van der Waals surface area contributed by atoms with Crippen molar-refractivity contribution in [2.45, 2.75) is 33.2 Å². The largest absolute Gasteiger partial charge is 0.493 e. The zero-order valence-corrected chi connectivity index (χ0v) is 11.2. The van der Waals surface area contributed by atoms with Gasteiger partial charge in [-0.1, -0.05) is 19.1 Å². The minimum Gasteiger partial charge on any atom is -0.493 e. The highest BCUT2D eigenvalue weighted by Crippen LogP contribution is 2.27. The van der Waals surface area contributed by atoms with Crippen LogP contribution in [0.3, 0.4) is 0 Å². The summed E-state index contributed by atoms with van der Waals surface area (Å²) < 4.78 is 5.96. The van der Waals surface area contributed by atoms with Gasteiger partial charge in [0.05, 0.1) is 6.61 Å². The van der Waals surface area contributed by atoms with Gasteiger partial charge in [-0.05, 0) is 31.6 Å². The lowest BCUT2D eigenvalue weighted by Crippen LogP contribution is -2.21. The summed E-state index contributed by atoms with van der Waals surface area (Å²) in [5.41, 5.74) is 7.66. The van der Waals surface area contributed by atoms with Crippen LogP contribution in [0.5, 0.6) is 5.75 Å². The van der Waals surface area contributed by atoms with E-state index in [1.165, 1.54) is 0 Å². The number of hydrogen-bond acceptors (Lipinski definition) is 3. The van der Waals surface area contributed by atoms with Gasteiger partial charge >= 0.3 is 0 Å². The number of nitrogens with two attached hydrogens (primary N) is 1. The minimum absolute atomic E-state index is 0.475. The van der Waals surface area contributed by atoms with E-state index in [4.69, 9.17) is 10.5 Å². The molecule has 1 aliphatic carbocycles. The average molecular weight is 246 g/mol. The highest BCUT2D eigenvalue weighted by atomic mass is 16.5. The molecule has 2 N–H and O–H groups in total. The molecule has 0 saturated carbocycles. The van der Waals surface area contributed by atoms with Gasteiger partial charge in [0.15, 0.2) is 0 Å². The van der Waals surface area contributed by atoms with E-state index in [1.54, 1.807) is 0 Å². The predicted molar refractivity (Wildman–Crippen MR) is 73.4 cm³/mol. The van der Waals surface area contributed by atoms with E-state index in [2.05, 4.69) is 24.1 Å². The number of hydrogen-bond donors (Lipinski definition) is 1. The van der Waals surface area contributed by atoms with E-state index in [0.29, 0.717) is 18.4 Å². The molecule has 0 aromatic carbocycles. The molecular formula is C15H22N2O. The lowest BCUT2D eigenvalue weighted by molar-refractivity contribution is 0.197. The van der Waals surface area contributed by atoms with Gasteiger partial charge in [0.2, 0.25) is 0 Å². The summed E-state index contributed by atoms with van der Waals surface area (Å²) in [6, 6.07) is 1.98. The summed E-state index contributed by atoms with van der Waals surface area (Å²) in [6.07, 6.45) is 8.62. The first kappa shape index (κ1) is 13.1. The van der Waals surface area contributed by atoms with Crippen LogP contribution >= 0.6 is 0 Å². The van der Waals surface area contributed by atoms with Crippen molar-refractivity contribution in [3.8, 4) is 5.75 Å². The summed E-state index contributed by atoms with van der Waals surface area (Å²) in [6.45, 7) is 5.50. The monoisotopic (exact) mass is 246 g/mol. The molecule has 0 saturated heterocycles. The first-order valence-electron chi connectivity index (χ1n) is 6.64. The second-order valence-corrected chi connectivity index (χ2v) is 5.13. The molecule has 18 heavy (non-hydrogen) atoms. The third-order valence-electron chi connectivity index (χ3n) is 3.67. The molecule has 1 aromatic heterocycles. The van der Waals surface area contributed by atoms with Crippen LogP contribution in [-0.4, -0.2) is 11.6 Å². The van der Waals surface area contributed by atoms with Crippen LogP contribution in [0.4, 0.5) is 0 Å². The summed E-state index contributed by atoms with van der Waals surface area (Å²) in [7, 11) is 0. The Kier molecular flexibility index (Phi) is 4.37. The molecule has 0 radical (unpaired) electrons. The fourth-order valence-electron chi connectivity index (χ4n) is 2.29. The number of aromatic nitrogens is 1. The van der Waals surface area contributed by atoms with Gasteiger partial charge in [-0.2, -0.15) is 0 Å². The van der Waals surface area contributed by atoms with Crippen molar-refractivity contribution in [3.05, 3.63) is 35.7 Å². The Bertz CT molecular complexity index is 429. The molecule has 3 nitrogen and oxygen atoms in total. The topological polar surface area (TPSA) is 48.1 Å². The van der Waals surface area contributed by atoms with Gasteiger partial charge in [-0.25, -0.2) is 0 Å². The maximum absolute atomic E-state index is 5.96. The smallest absolute Gasteiger partial charge is 0.127 e. The molecule has 0 aliphatic heterocycles. The molecule has 0 amide bonds. The molecule has 1 heterocycles. The van der Waals surface area contributed by atoms with Gasteiger partial charge < -0.3 is 10.5 Å². The Hall–Kier alpha value is -1.35. The van der Waals surface area contributed by atoms with Gasteiger partial charge in [0, 0.05) is 30.1 Å². The molecule has 2 rings (SSSR count). The molecule has 2 atom stereocenters. The van der Waals surface area contributed by atoms with Crippen molar-refractivity contribution >= 4 is 0 Å².